The number of carbonyl (C=O) groups excluding carboxylic acids is 3. The standard InChI is InChI=1S/C27H35N7O6S/c1-7-39-24(36)18-15-34-23(30-18)20(21(28)35)22(31-25(34)41-6)29-17-9-8-16(14-19(17)38-5)32-10-12-33(13-11-32)26(37)40-27(2,3)4/h8-9,14-15,29H,7,10-13H2,1-6H3,(H2,28,35). The van der Waals surface area contributed by atoms with E-state index in [1.54, 1.807) is 23.3 Å². The molecule has 0 aliphatic carbocycles. The van der Waals surface area contributed by atoms with Gasteiger partial charge in [0.1, 0.15) is 22.7 Å². The first kappa shape index (κ1) is 29.8. The fraction of sp³-hybridized carbons (Fsp3) is 0.444. The van der Waals surface area contributed by atoms with Crippen molar-refractivity contribution in [3.05, 3.63) is 35.7 Å². The van der Waals surface area contributed by atoms with Gasteiger partial charge >= 0.3 is 12.1 Å². The molecule has 3 N–H and O–H groups in total. The smallest absolute Gasteiger partial charge is 0.410 e. The molecule has 14 heteroatoms. The number of thioether (sulfide) groups is 1. The Bertz CT molecular complexity index is 1460. The number of methoxy groups -OCH3 is 1. The van der Waals surface area contributed by atoms with Crippen LogP contribution in [0.15, 0.2) is 29.6 Å². The van der Waals surface area contributed by atoms with Crippen molar-refractivity contribution in [3.8, 4) is 5.75 Å². The number of nitrogens with two attached hydrogens (primary N) is 1. The van der Waals surface area contributed by atoms with Gasteiger partial charge < -0.3 is 35.1 Å². The third-order valence-electron chi connectivity index (χ3n) is 6.23. The number of anilines is 3. The molecule has 1 aromatic carbocycles. The molecule has 4 rings (SSSR count). The average Bonchev–Trinajstić information content (AvgIpc) is 3.37. The number of amides is 2. The zero-order valence-corrected chi connectivity index (χ0v) is 24.8. The van der Waals surface area contributed by atoms with E-state index in [1.807, 2.05) is 45.2 Å². The number of benzene rings is 1. The van der Waals surface area contributed by atoms with Gasteiger partial charge in [-0.1, -0.05) is 11.8 Å². The summed E-state index contributed by atoms with van der Waals surface area (Å²) in [6.07, 6.45) is 2.97. The van der Waals surface area contributed by atoms with Gasteiger partial charge in [-0.3, -0.25) is 9.20 Å². The number of piperazine rings is 1. The molecule has 2 amide bonds. The number of primary amides is 1. The summed E-state index contributed by atoms with van der Waals surface area (Å²) < 4.78 is 17.8. The monoisotopic (exact) mass is 585 g/mol. The number of carbonyl (C=O) groups is 3. The third kappa shape index (κ3) is 6.59. The summed E-state index contributed by atoms with van der Waals surface area (Å²) in [5.74, 6) is -0.697. The van der Waals surface area contributed by atoms with Crippen LogP contribution < -0.4 is 20.7 Å². The molecule has 0 bridgehead atoms. The van der Waals surface area contributed by atoms with Gasteiger partial charge in [-0.05, 0) is 46.1 Å². The van der Waals surface area contributed by atoms with Gasteiger partial charge in [0.2, 0.25) is 0 Å². The lowest BCUT2D eigenvalue weighted by atomic mass is 10.2. The molecule has 0 saturated carbocycles. The Hall–Kier alpha value is -4.20. The van der Waals surface area contributed by atoms with Crippen molar-refractivity contribution >= 4 is 52.6 Å². The molecule has 1 aliphatic rings. The minimum absolute atomic E-state index is 0.0164. The Kier molecular flexibility index (Phi) is 8.80. The van der Waals surface area contributed by atoms with Crippen LogP contribution in [0.1, 0.15) is 48.5 Å². The highest BCUT2D eigenvalue weighted by atomic mass is 32.2. The Balaban J connectivity index is 1.60. The van der Waals surface area contributed by atoms with Gasteiger partial charge in [0.25, 0.3) is 5.91 Å². The molecule has 3 aromatic rings. The molecule has 0 spiro atoms. The minimum Gasteiger partial charge on any atom is -0.494 e. The maximum Gasteiger partial charge on any atom is 0.410 e. The van der Waals surface area contributed by atoms with Gasteiger partial charge in [0, 0.05) is 44.1 Å². The topological polar surface area (TPSA) is 154 Å². The number of aromatic nitrogens is 3. The summed E-state index contributed by atoms with van der Waals surface area (Å²) >= 11 is 1.31. The first-order chi connectivity index (χ1) is 19.4. The second-order valence-electron chi connectivity index (χ2n) is 10.2. The molecule has 1 fully saturated rings. The Morgan fingerprint density at radius 1 is 1.12 bits per heavy atom. The predicted octanol–water partition coefficient (Wildman–Crippen LogP) is 3.54. The Morgan fingerprint density at radius 2 is 1.83 bits per heavy atom. The minimum atomic E-state index is -0.767. The van der Waals surface area contributed by atoms with Crippen molar-refractivity contribution in [3.63, 3.8) is 0 Å². The van der Waals surface area contributed by atoms with Crippen LogP contribution in [0.5, 0.6) is 5.75 Å². The number of hydrogen-bond donors (Lipinski definition) is 2. The van der Waals surface area contributed by atoms with Crippen LogP contribution in [-0.4, -0.2) is 89.0 Å². The number of esters is 1. The summed E-state index contributed by atoms with van der Waals surface area (Å²) in [6, 6.07) is 5.61. The van der Waals surface area contributed by atoms with E-state index in [1.165, 1.54) is 18.0 Å². The van der Waals surface area contributed by atoms with Crippen LogP contribution in [0.4, 0.5) is 22.0 Å². The normalized spacial score (nSPS) is 13.7. The molecule has 3 heterocycles. The maximum atomic E-state index is 12.6. The molecule has 220 valence electrons. The zero-order chi connectivity index (χ0) is 29.9. The summed E-state index contributed by atoms with van der Waals surface area (Å²) in [7, 11) is 1.55. The van der Waals surface area contributed by atoms with E-state index < -0.39 is 17.5 Å². The van der Waals surface area contributed by atoms with Crippen molar-refractivity contribution in [1.82, 2.24) is 19.3 Å². The van der Waals surface area contributed by atoms with Crippen LogP contribution in [0.25, 0.3) is 5.65 Å². The van der Waals surface area contributed by atoms with Crippen LogP contribution in [-0.2, 0) is 9.47 Å². The molecular formula is C27H35N7O6S. The fourth-order valence-electron chi connectivity index (χ4n) is 4.36. The second kappa shape index (κ2) is 12.1. The van der Waals surface area contributed by atoms with Gasteiger partial charge in [-0.2, -0.15) is 0 Å². The highest BCUT2D eigenvalue weighted by Gasteiger charge is 2.27. The molecule has 41 heavy (non-hydrogen) atoms. The highest BCUT2D eigenvalue weighted by molar-refractivity contribution is 7.98. The number of fused-ring (bicyclic) bond motifs is 1. The van der Waals surface area contributed by atoms with E-state index >= 15 is 0 Å². The lowest BCUT2D eigenvalue weighted by molar-refractivity contribution is 0.0240. The number of rotatable bonds is 8. The van der Waals surface area contributed by atoms with Crippen LogP contribution in [0.3, 0.4) is 0 Å². The van der Waals surface area contributed by atoms with Crippen LogP contribution in [0.2, 0.25) is 0 Å². The van der Waals surface area contributed by atoms with E-state index in [2.05, 4.69) is 20.2 Å². The van der Waals surface area contributed by atoms with Gasteiger partial charge in [0.05, 0.1) is 19.4 Å². The van der Waals surface area contributed by atoms with Crippen molar-refractivity contribution in [2.24, 2.45) is 5.73 Å². The number of nitrogens with zero attached hydrogens (tertiary/aromatic N) is 5. The largest absolute Gasteiger partial charge is 0.494 e. The van der Waals surface area contributed by atoms with Crippen molar-refractivity contribution in [1.29, 1.82) is 0 Å². The molecule has 2 aromatic heterocycles. The summed E-state index contributed by atoms with van der Waals surface area (Å²) in [5, 5.41) is 3.65. The lowest BCUT2D eigenvalue weighted by Crippen LogP contribution is -2.50. The molecule has 1 saturated heterocycles. The SMILES string of the molecule is CCOC(=O)c1cn2c(SC)nc(Nc3ccc(N4CCN(C(=O)OC(C)(C)C)CC4)cc3OC)c(C(N)=O)c2n1. The van der Waals surface area contributed by atoms with E-state index in [0.717, 1.165) is 5.69 Å². The molecule has 0 atom stereocenters. The van der Waals surface area contributed by atoms with E-state index in [4.69, 9.17) is 19.9 Å². The summed E-state index contributed by atoms with van der Waals surface area (Å²) in [6.45, 7) is 9.73. The quantitative estimate of drug-likeness (QED) is 0.227. The van der Waals surface area contributed by atoms with Gasteiger partial charge in [-0.15, -0.1) is 0 Å². The summed E-state index contributed by atoms with van der Waals surface area (Å²) in [5.41, 5.74) is 6.91. The summed E-state index contributed by atoms with van der Waals surface area (Å²) in [4.78, 5) is 50.1. The first-order valence-corrected chi connectivity index (χ1v) is 14.3. The highest BCUT2D eigenvalue weighted by Crippen LogP contribution is 2.34. The lowest BCUT2D eigenvalue weighted by Gasteiger charge is -2.37. The molecule has 0 unspecified atom stereocenters. The first-order valence-electron chi connectivity index (χ1n) is 13.1. The van der Waals surface area contributed by atoms with Crippen LogP contribution in [0, 0.1) is 0 Å². The predicted molar refractivity (Wildman–Crippen MR) is 156 cm³/mol. The molecule has 13 nitrogen and oxygen atoms in total. The Morgan fingerprint density at radius 3 is 2.41 bits per heavy atom. The second-order valence-corrected chi connectivity index (χ2v) is 11.0. The van der Waals surface area contributed by atoms with Crippen molar-refractivity contribution in [2.75, 3.05) is 56.4 Å². The van der Waals surface area contributed by atoms with Crippen molar-refractivity contribution < 1.29 is 28.6 Å². The number of imidazole rings is 1. The van der Waals surface area contributed by atoms with E-state index in [0.29, 0.717) is 42.8 Å². The molecule has 0 radical (unpaired) electrons. The maximum absolute atomic E-state index is 12.6. The number of ether oxygens (including phenoxy) is 3. The zero-order valence-electron chi connectivity index (χ0n) is 24.0. The number of hydrogen-bond acceptors (Lipinski definition) is 11. The van der Waals surface area contributed by atoms with Crippen LogP contribution >= 0.6 is 11.8 Å². The average molecular weight is 586 g/mol. The molecular weight excluding hydrogens is 550 g/mol. The van der Waals surface area contributed by atoms with E-state index in [-0.39, 0.29) is 35.4 Å². The van der Waals surface area contributed by atoms with Gasteiger partial charge in [-0.25, -0.2) is 19.6 Å². The third-order valence-corrected chi connectivity index (χ3v) is 6.88. The van der Waals surface area contributed by atoms with Gasteiger partial charge in [0.15, 0.2) is 16.5 Å². The fourth-order valence-corrected chi connectivity index (χ4v) is 4.88. The Labute approximate surface area is 242 Å². The van der Waals surface area contributed by atoms with E-state index in [9.17, 15) is 14.4 Å². The van der Waals surface area contributed by atoms with Crippen molar-refractivity contribution in [2.45, 2.75) is 38.5 Å². The number of nitrogens with one attached hydrogen (secondary N) is 1. The molecule has 1 aliphatic heterocycles.